The van der Waals surface area contributed by atoms with E-state index in [1.54, 1.807) is 13.0 Å². The highest BCUT2D eigenvalue weighted by Gasteiger charge is 2.14. The predicted molar refractivity (Wildman–Crippen MR) is 99.3 cm³/mol. The van der Waals surface area contributed by atoms with Gasteiger partial charge >= 0.3 is 0 Å². The Kier molecular flexibility index (Phi) is 4.00. The van der Waals surface area contributed by atoms with E-state index < -0.39 is 16.4 Å². The predicted octanol–water partition coefficient (Wildman–Crippen LogP) is 1.84. The third kappa shape index (κ3) is 2.77. The van der Waals surface area contributed by atoms with Crippen molar-refractivity contribution in [3.63, 3.8) is 0 Å². The first-order valence-corrected chi connectivity index (χ1v) is 8.85. The largest absolute Gasteiger partial charge is 0.865 e. The molecule has 0 bridgehead atoms. The molecule has 0 saturated heterocycles. The van der Waals surface area contributed by atoms with E-state index in [1.165, 1.54) is 27.9 Å². The fourth-order valence-corrected chi connectivity index (χ4v) is 3.84. The SMILES string of the molecule is CCOc1cc(/C=c2\sc3nc4ccccc4n3c2=O)cc([N+](=O)[O-])c1[O-]. The van der Waals surface area contributed by atoms with Crippen LogP contribution in [-0.4, -0.2) is 20.9 Å². The normalized spacial score (nSPS) is 12.1. The average Bonchev–Trinajstić information content (AvgIpc) is 3.14. The van der Waals surface area contributed by atoms with Gasteiger partial charge in [-0.3, -0.25) is 14.9 Å². The number of imidazole rings is 1. The maximum absolute atomic E-state index is 12.8. The zero-order valence-corrected chi connectivity index (χ0v) is 14.9. The minimum Gasteiger partial charge on any atom is -0.865 e. The molecule has 0 amide bonds. The van der Waals surface area contributed by atoms with Gasteiger partial charge in [0.2, 0.25) is 0 Å². The van der Waals surface area contributed by atoms with Crippen molar-refractivity contribution >= 4 is 39.1 Å². The number of thiazole rings is 1. The fraction of sp³-hybridized carbons (Fsp3) is 0.111. The molecule has 0 radical (unpaired) electrons. The summed E-state index contributed by atoms with van der Waals surface area (Å²) in [5.74, 6) is -0.898. The molecule has 27 heavy (non-hydrogen) atoms. The maximum Gasteiger partial charge on any atom is 0.274 e. The number of fused-ring (bicyclic) bond motifs is 3. The van der Waals surface area contributed by atoms with Crippen LogP contribution in [0.25, 0.3) is 22.1 Å². The number of hydrogen-bond donors (Lipinski definition) is 0. The van der Waals surface area contributed by atoms with Gasteiger partial charge in [0.15, 0.2) is 4.96 Å². The number of aromatic nitrogens is 2. The van der Waals surface area contributed by atoms with Gasteiger partial charge in [-0.25, -0.2) is 9.38 Å². The quantitative estimate of drug-likeness (QED) is 0.393. The molecular weight excluding hydrogens is 370 g/mol. The molecule has 136 valence electrons. The average molecular weight is 382 g/mol. The second kappa shape index (κ2) is 6.36. The van der Waals surface area contributed by atoms with E-state index in [9.17, 15) is 20.0 Å². The highest BCUT2D eigenvalue weighted by molar-refractivity contribution is 7.15. The molecule has 0 unspecified atom stereocenters. The van der Waals surface area contributed by atoms with Gasteiger partial charge in [0, 0.05) is 11.8 Å². The Hall–Kier alpha value is -3.46. The van der Waals surface area contributed by atoms with Gasteiger partial charge in [0.05, 0.1) is 27.1 Å². The molecule has 9 heteroatoms. The second-order valence-electron chi connectivity index (χ2n) is 5.69. The third-order valence-corrected chi connectivity index (χ3v) is 4.97. The Morgan fingerprint density at radius 3 is 2.85 bits per heavy atom. The summed E-state index contributed by atoms with van der Waals surface area (Å²) in [7, 11) is 0. The monoisotopic (exact) mass is 382 g/mol. The van der Waals surface area contributed by atoms with Crippen molar-refractivity contribution < 1.29 is 14.8 Å². The molecule has 4 aromatic rings. The molecule has 0 spiro atoms. The molecule has 0 aliphatic heterocycles. The summed E-state index contributed by atoms with van der Waals surface area (Å²) in [6.45, 7) is 1.87. The Morgan fingerprint density at radius 2 is 2.11 bits per heavy atom. The molecule has 2 aromatic carbocycles. The lowest BCUT2D eigenvalue weighted by Gasteiger charge is -2.14. The third-order valence-electron chi connectivity index (χ3n) is 4.00. The van der Waals surface area contributed by atoms with Crippen LogP contribution in [0.4, 0.5) is 5.69 Å². The van der Waals surface area contributed by atoms with E-state index >= 15 is 0 Å². The summed E-state index contributed by atoms with van der Waals surface area (Å²) in [6, 6.07) is 9.83. The van der Waals surface area contributed by atoms with Crippen molar-refractivity contribution in [1.82, 2.24) is 9.38 Å². The van der Waals surface area contributed by atoms with Crippen LogP contribution in [0.1, 0.15) is 12.5 Å². The van der Waals surface area contributed by atoms with Crippen molar-refractivity contribution in [2.45, 2.75) is 6.92 Å². The van der Waals surface area contributed by atoms with Gasteiger partial charge in [-0.05, 0) is 36.8 Å². The standard InChI is InChI=1S/C18H13N3O5S/c1-2-26-14-8-10(7-13(16(14)22)21(24)25)9-15-17(23)20-12-6-4-3-5-11(12)19-18(20)27-15/h3-9,22H,2H2,1H3/p-1/b15-9-. The summed E-state index contributed by atoms with van der Waals surface area (Å²) < 4.78 is 7.07. The van der Waals surface area contributed by atoms with Gasteiger partial charge in [0.1, 0.15) is 5.75 Å². The number of ether oxygens (including phenoxy) is 1. The van der Waals surface area contributed by atoms with Crippen LogP contribution < -0.4 is 19.9 Å². The molecule has 0 saturated carbocycles. The second-order valence-corrected chi connectivity index (χ2v) is 6.70. The van der Waals surface area contributed by atoms with E-state index in [1.807, 2.05) is 18.2 Å². The Balaban J connectivity index is 1.94. The van der Waals surface area contributed by atoms with Crippen molar-refractivity contribution in [2.75, 3.05) is 6.61 Å². The maximum atomic E-state index is 12.8. The Labute approximate surface area is 155 Å². The van der Waals surface area contributed by atoms with Crippen molar-refractivity contribution in [1.29, 1.82) is 0 Å². The number of hydrogen-bond acceptors (Lipinski definition) is 7. The number of nitrogens with zero attached hydrogens (tertiary/aromatic N) is 3. The molecule has 2 aromatic heterocycles. The van der Waals surface area contributed by atoms with Crippen molar-refractivity contribution in [3.8, 4) is 11.5 Å². The summed E-state index contributed by atoms with van der Waals surface area (Å²) >= 11 is 1.18. The molecule has 4 rings (SSSR count). The first-order valence-electron chi connectivity index (χ1n) is 8.03. The molecule has 0 N–H and O–H groups in total. The van der Waals surface area contributed by atoms with Crippen LogP contribution >= 0.6 is 11.3 Å². The lowest BCUT2D eigenvalue weighted by Crippen LogP contribution is -2.22. The number of nitro groups is 1. The zero-order valence-electron chi connectivity index (χ0n) is 14.0. The van der Waals surface area contributed by atoms with Crippen LogP contribution in [0.2, 0.25) is 0 Å². The van der Waals surface area contributed by atoms with E-state index in [0.29, 0.717) is 20.6 Å². The summed E-state index contributed by atoms with van der Waals surface area (Å²) in [5, 5.41) is 23.2. The number of para-hydroxylation sites is 2. The lowest BCUT2D eigenvalue weighted by atomic mass is 10.1. The Morgan fingerprint density at radius 1 is 1.33 bits per heavy atom. The summed E-state index contributed by atoms with van der Waals surface area (Å²) in [4.78, 5) is 28.1. The molecular formula is C18H12N3O5S-. The highest BCUT2D eigenvalue weighted by atomic mass is 32.1. The molecule has 8 nitrogen and oxygen atoms in total. The van der Waals surface area contributed by atoms with Crippen LogP contribution in [0.15, 0.2) is 41.2 Å². The van der Waals surface area contributed by atoms with Gasteiger partial charge < -0.3 is 9.84 Å². The molecule has 2 heterocycles. The van der Waals surface area contributed by atoms with E-state index in [4.69, 9.17) is 4.74 Å². The first kappa shape index (κ1) is 17.0. The topological polar surface area (TPSA) is 110 Å². The number of benzene rings is 2. The highest BCUT2D eigenvalue weighted by Crippen LogP contribution is 2.35. The van der Waals surface area contributed by atoms with Crippen LogP contribution in [0.3, 0.4) is 0 Å². The smallest absolute Gasteiger partial charge is 0.274 e. The van der Waals surface area contributed by atoms with E-state index in [0.717, 1.165) is 11.6 Å². The minimum atomic E-state index is -0.784. The summed E-state index contributed by atoms with van der Waals surface area (Å²) in [5.41, 5.74) is 0.902. The molecule has 0 aliphatic carbocycles. The number of nitro benzene ring substituents is 1. The zero-order chi connectivity index (χ0) is 19.1. The minimum absolute atomic E-state index is 0.114. The summed E-state index contributed by atoms with van der Waals surface area (Å²) in [6.07, 6.45) is 1.51. The van der Waals surface area contributed by atoms with Gasteiger partial charge in [0.25, 0.3) is 11.2 Å². The van der Waals surface area contributed by atoms with Gasteiger partial charge in [-0.1, -0.05) is 23.5 Å². The molecule has 0 fully saturated rings. The van der Waals surface area contributed by atoms with Crippen LogP contribution in [0, 0.1) is 10.1 Å². The molecule has 0 atom stereocenters. The van der Waals surface area contributed by atoms with Crippen molar-refractivity contribution in [2.24, 2.45) is 0 Å². The van der Waals surface area contributed by atoms with Gasteiger partial charge in [-0.2, -0.15) is 0 Å². The van der Waals surface area contributed by atoms with Gasteiger partial charge in [-0.15, -0.1) is 0 Å². The lowest BCUT2D eigenvalue weighted by molar-refractivity contribution is -0.398. The molecule has 0 aliphatic rings. The van der Waals surface area contributed by atoms with E-state index in [-0.39, 0.29) is 17.9 Å². The first-order chi connectivity index (χ1) is 13.0. The fourth-order valence-electron chi connectivity index (χ4n) is 2.85. The number of rotatable bonds is 4. The van der Waals surface area contributed by atoms with E-state index in [2.05, 4.69) is 4.98 Å². The van der Waals surface area contributed by atoms with Crippen molar-refractivity contribution in [3.05, 3.63) is 67.0 Å². The van der Waals surface area contributed by atoms with Crippen LogP contribution in [0.5, 0.6) is 11.5 Å². The Bertz CT molecular complexity index is 1310. The van der Waals surface area contributed by atoms with Crippen LogP contribution in [-0.2, 0) is 0 Å².